The lowest BCUT2D eigenvalue weighted by atomic mass is 10.1. The highest BCUT2D eigenvalue weighted by atomic mass is 35.5. The van der Waals surface area contributed by atoms with Gasteiger partial charge in [-0.1, -0.05) is 87.3 Å². The molecule has 36 heavy (non-hydrogen) atoms. The molecule has 2 amide bonds. The van der Waals surface area contributed by atoms with Gasteiger partial charge in [0.25, 0.3) is 11.8 Å². The van der Waals surface area contributed by atoms with Gasteiger partial charge in [-0.05, 0) is 30.7 Å². The van der Waals surface area contributed by atoms with Crippen LogP contribution in [0.2, 0.25) is 35.2 Å². The Morgan fingerprint density at radius 2 is 1.00 bits per heavy atom. The van der Waals surface area contributed by atoms with Crippen LogP contribution in [0.5, 0.6) is 0 Å². The Kier molecular flexibility index (Phi) is 6.67. The first-order chi connectivity index (χ1) is 17.0. The van der Waals surface area contributed by atoms with Gasteiger partial charge in [0.15, 0.2) is 0 Å². The largest absolute Gasteiger partial charge is 0.306 e. The first kappa shape index (κ1) is 25.6. The number of amides is 2. The van der Waals surface area contributed by atoms with E-state index in [1.54, 1.807) is 31.2 Å². The van der Waals surface area contributed by atoms with Crippen LogP contribution in [0.1, 0.15) is 37.4 Å². The van der Waals surface area contributed by atoms with Gasteiger partial charge in [-0.2, -0.15) is 0 Å². The van der Waals surface area contributed by atoms with Crippen LogP contribution >= 0.6 is 81.2 Å². The lowest BCUT2D eigenvalue weighted by molar-refractivity contribution is 0.0975. The second-order valence-corrected chi connectivity index (χ2v) is 10.3. The lowest BCUT2D eigenvalue weighted by Crippen LogP contribution is -2.21. The fourth-order valence-corrected chi connectivity index (χ4v) is 5.67. The molecule has 3 aromatic rings. The van der Waals surface area contributed by atoms with Crippen molar-refractivity contribution in [1.29, 1.82) is 0 Å². The number of amidine groups is 2. The van der Waals surface area contributed by atoms with Crippen LogP contribution in [0.4, 0.5) is 11.4 Å². The maximum Gasteiger partial charge on any atom is 0.259 e. The summed E-state index contributed by atoms with van der Waals surface area (Å²) in [6.45, 7) is 1.67. The maximum atomic E-state index is 12.6. The first-order valence-corrected chi connectivity index (χ1v) is 12.6. The van der Waals surface area contributed by atoms with Gasteiger partial charge in [0.1, 0.15) is 11.7 Å². The van der Waals surface area contributed by atoms with Crippen LogP contribution in [0.3, 0.4) is 0 Å². The molecule has 0 unspecified atom stereocenters. The van der Waals surface area contributed by atoms with Crippen molar-refractivity contribution in [3.63, 3.8) is 0 Å². The Balaban J connectivity index is 1.59. The van der Waals surface area contributed by atoms with Crippen molar-refractivity contribution < 1.29 is 9.59 Å². The molecule has 3 aromatic carbocycles. The van der Waals surface area contributed by atoms with E-state index in [2.05, 4.69) is 20.6 Å². The third kappa shape index (κ3) is 3.96. The molecule has 2 N–H and O–H groups in total. The lowest BCUT2D eigenvalue weighted by Gasteiger charge is -2.09. The van der Waals surface area contributed by atoms with Gasteiger partial charge in [-0.25, -0.2) is 9.98 Å². The molecule has 0 fully saturated rings. The highest BCUT2D eigenvalue weighted by Crippen LogP contribution is 2.44. The molecule has 5 rings (SSSR count). The summed E-state index contributed by atoms with van der Waals surface area (Å²) in [5.41, 5.74) is 2.15. The molecule has 182 valence electrons. The number of nitrogens with one attached hydrogen (secondary N) is 2. The zero-order valence-corrected chi connectivity index (χ0v) is 23.0. The van der Waals surface area contributed by atoms with Gasteiger partial charge in [0.2, 0.25) is 0 Å². The molecule has 0 bridgehead atoms. The number of halogens is 7. The minimum absolute atomic E-state index is 0.00603. The van der Waals surface area contributed by atoms with Crippen molar-refractivity contribution in [2.45, 2.75) is 6.92 Å². The molecule has 0 saturated heterocycles. The van der Waals surface area contributed by atoms with Gasteiger partial charge < -0.3 is 10.6 Å². The van der Waals surface area contributed by atoms with Gasteiger partial charge in [0, 0.05) is 0 Å². The second-order valence-electron chi connectivity index (χ2n) is 7.67. The van der Waals surface area contributed by atoms with Crippen LogP contribution < -0.4 is 10.6 Å². The molecule has 0 aliphatic carbocycles. The van der Waals surface area contributed by atoms with E-state index in [-0.39, 0.29) is 63.5 Å². The molecular formula is C23H9Cl7N4O2. The van der Waals surface area contributed by atoms with Crippen LogP contribution in [0.15, 0.2) is 34.3 Å². The van der Waals surface area contributed by atoms with Gasteiger partial charge in [-0.15, -0.1) is 0 Å². The molecule has 2 aliphatic rings. The fraction of sp³-hybridized carbons (Fsp3) is 0.0435. The van der Waals surface area contributed by atoms with E-state index < -0.39 is 11.8 Å². The fourth-order valence-electron chi connectivity index (χ4n) is 3.80. The Hall–Kier alpha value is -2.03. The summed E-state index contributed by atoms with van der Waals surface area (Å²) < 4.78 is 0. The summed E-state index contributed by atoms with van der Waals surface area (Å²) >= 11 is 43.9. The van der Waals surface area contributed by atoms with E-state index in [9.17, 15) is 9.59 Å². The summed E-state index contributed by atoms with van der Waals surface area (Å²) in [7, 11) is 0. The highest BCUT2D eigenvalue weighted by Gasteiger charge is 2.35. The summed E-state index contributed by atoms with van der Waals surface area (Å²) in [6.07, 6.45) is 0. The van der Waals surface area contributed by atoms with Crippen molar-refractivity contribution >= 4 is 116 Å². The van der Waals surface area contributed by atoms with Crippen LogP contribution in [-0.2, 0) is 0 Å². The number of carbonyl (C=O) groups excluding carboxylic acids is 2. The molecule has 0 aromatic heterocycles. The predicted molar refractivity (Wildman–Crippen MR) is 146 cm³/mol. The van der Waals surface area contributed by atoms with Crippen molar-refractivity contribution in [2.75, 3.05) is 0 Å². The topological polar surface area (TPSA) is 82.9 Å². The third-order valence-electron chi connectivity index (χ3n) is 5.51. The third-order valence-corrected chi connectivity index (χ3v) is 8.73. The van der Waals surface area contributed by atoms with Crippen LogP contribution in [0.25, 0.3) is 0 Å². The number of benzene rings is 3. The molecule has 0 atom stereocenters. The Morgan fingerprint density at radius 3 is 1.50 bits per heavy atom. The van der Waals surface area contributed by atoms with Crippen molar-refractivity contribution in [3.8, 4) is 0 Å². The monoisotopic (exact) mass is 618 g/mol. The van der Waals surface area contributed by atoms with Gasteiger partial charge in [-0.3, -0.25) is 9.59 Å². The van der Waals surface area contributed by atoms with E-state index >= 15 is 0 Å². The number of hydrogen-bond acceptors (Lipinski definition) is 4. The zero-order chi connectivity index (χ0) is 26.0. The van der Waals surface area contributed by atoms with Crippen LogP contribution in [0, 0.1) is 6.92 Å². The molecule has 0 spiro atoms. The number of rotatable bonds is 2. The molecule has 0 saturated carbocycles. The average Bonchev–Trinajstić information content (AvgIpc) is 3.34. The molecule has 0 radical (unpaired) electrons. The number of aliphatic imine (C=N–C) groups is 2. The number of carbonyl (C=O) groups is 2. The molecule has 2 heterocycles. The number of nitrogens with zero attached hydrogens (tertiary/aromatic N) is 2. The van der Waals surface area contributed by atoms with Crippen LogP contribution in [-0.4, -0.2) is 23.5 Å². The van der Waals surface area contributed by atoms with E-state index in [1.165, 1.54) is 0 Å². The van der Waals surface area contributed by atoms with E-state index in [1.807, 2.05) is 0 Å². The van der Waals surface area contributed by atoms with E-state index in [0.717, 1.165) is 0 Å². The quantitative estimate of drug-likeness (QED) is 0.223. The minimum Gasteiger partial charge on any atom is -0.306 e. The minimum atomic E-state index is -0.519. The summed E-state index contributed by atoms with van der Waals surface area (Å²) in [5.74, 6) is -0.639. The average molecular weight is 622 g/mol. The van der Waals surface area contributed by atoms with Gasteiger partial charge >= 0.3 is 0 Å². The number of hydrogen-bond donors (Lipinski definition) is 2. The maximum absolute atomic E-state index is 12.6. The predicted octanol–water partition coefficient (Wildman–Crippen LogP) is 8.21. The summed E-state index contributed by atoms with van der Waals surface area (Å²) in [6, 6.07) is 6.67. The standard InChI is InChI=1S/C23H9Cl7N4O2/c1-6-13(24)11-9(15(26)14(6)25)20(33-22(11)35)31-7-3-2-4-8(5-7)32-21-10-12(23(36)34-21)17(28)19(30)18(29)16(10)27/h2-5H,1H3,(H,31,33,35)(H,32,34,36). The van der Waals surface area contributed by atoms with Gasteiger partial charge in [0.05, 0.1) is 68.8 Å². The smallest absolute Gasteiger partial charge is 0.259 e. The second kappa shape index (κ2) is 9.37. The molecule has 2 aliphatic heterocycles. The Morgan fingerprint density at radius 1 is 0.583 bits per heavy atom. The molecule has 6 nitrogen and oxygen atoms in total. The van der Waals surface area contributed by atoms with E-state index in [0.29, 0.717) is 22.5 Å². The number of fused-ring (bicyclic) bond motifs is 2. The van der Waals surface area contributed by atoms with E-state index in [4.69, 9.17) is 81.2 Å². The molecular weight excluding hydrogens is 612 g/mol. The molecule has 13 heteroatoms. The first-order valence-electron chi connectivity index (χ1n) is 9.95. The Labute approximate surface area is 239 Å². The SMILES string of the molecule is Cc1c(Cl)c(Cl)c2c(c1Cl)C(=O)NC2=Nc1cccc(N=C2NC(=O)c3c(Cl)c(Cl)c(Cl)c(Cl)c32)c1. The summed E-state index contributed by atoms with van der Waals surface area (Å²) in [5, 5.41) is 5.89. The Bertz CT molecular complexity index is 1500. The summed E-state index contributed by atoms with van der Waals surface area (Å²) in [4.78, 5) is 34.1. The highest BCUT2D eigenvalue weighted by molar-refractivity contribution is 6.55. The normalized spacial score (nSPS) is 16.4. The van der Waals surface area contributed by atoms with Crippen molar-refractivity contribution in [3.05, 3.63) is 87.2 Å². The van der Waals surface area contributed by atoms with Crippen molar-refractivity contribution in [2.24, 2.45) is 9.98 Å². The zero-order valence-electron chi connectivity index (χ0n) is 17.7. The van der Waals surface area contributed by atoms with Crippen molar-refractivity contribution in [1.82, 2.24) is 10.6 Å².